The van der Waals surface area contributed by atoms with Gasteiger partial charge in [-0.3, -0.25) is 0 Å². The zero-order valence-electron chi connectivity index (χ0n) is 28.9. The second-order valence-electron chi connectivity index (χ2n) is 12.9. The van der Waals surface area contributed by atoms with Crippen molar-refractivity contribution in [2.75, 3.05) is 0 Å². The van der Waals surface area contributed by atoms with Gasteiger partial charge >= 0.3 is 0 Å². The van der Waals surface area contributed by atoms with E-state index in [1.54, 1.807) is 0 Å². The largest absolute Gasteiger partial charge is 0.457 e. The molecule has 0 aliphatic rings. The molecule has 0 unspecified atom stereocenters. The number of ether oxygens (including phenoxy) is 1. The van der Waals surface area contributed by atoms with Gasteiger partial charge in [0.15, 0.2) is 0 Å². The Balaban J connectivity index is 0.000000160. The third kappa shape index (κ3) is 11.8. The fourth-order valence-corrected chi connectivity index (χ4v) is 5.17. The number of benzene rings is 6. The summed E-state index contributed by atoms with van der Waals surface area (Å²) >= 11 is 0. The fraction of sp³-hybridized carbons (Fsp3) is 0.217. The molecule has 6 aromatic rings. The first-order chi connectivity index (χ1) is 22.8. The van der Waals surface area contributed by atoms with Gasteiger partial charge in [-0.2, -0.15) is 0 Å². The molecule has 0 bridgehead atoms. The van der Waals surface area contributed by atoms with Gasteiger partial charge in [-0.05, 0) is 87.4 Å². The summed E-state index contributed by atoms with van der Waals surface area (Å²) in [6, 6.07) is 56.8. The molecule has 47 heavy (non-hydrogen) atoms. The quantitative estimate of drug-likeness (QED) is 0.165. The summed E-state index contributed by atoms with van der Waals surface area (Å²) in [5.41, 5.74) is 9.32. The highest BCUT2D eigenvalue weighted by Crippen LogP contribution is 2.24. The molecule has 0 spiro atoms. The van der Waals surface area contributed by atoms with Crippen molar-refractivity contribution in [1.29, 1.82) is 0 Å². The molecular formula is C46H50O. The Morgan fingerprint density at radius 1 is 0.362 bits per heavy atom. The predicted molar refractivity (Wildman–Crippen MR) is 203 cm³/mol. The van der Waals surface area contributed by atoms with Crippen molar-refractivity contribution in [2.45, 2.75) is 59.8 Å². The smallest absolute Gasteiger partial charge is 0.127 e. The predicted octanol–water partition coefficient (Wildman–Crippen LogP) is 13.6. The molecule has 6 rings (SSSR count). The van der Waals surface area contributed by atoms with Crippen LogP contribution < -0.4 is 4.74 Å². The van der Waals surface area contributed by atoms with Crippen LogP contribution in [0.5, 0.6) is 11.5 Å². The van der Waals surface area contributed by atoms with Crippen molar-refractivity contribution in [3.8, 4) is 33.8 Å². The standard InChI is InChI=1S/C16H18.C15H16O.C15H16/c1-13(2)12-14-8-10-16(11-9-14)15-6-4-3-5-7-15;1-12(2)13-8-10-15(11-9-13)16-14-6-4-3-5-7-14;1-12(2)13-8-10-15(11-9-13)14-6-4-3-5-7-14/h3-11,13H,12H2,1-2H3;3-12H,1-2H3;3-12H,1-2H3. The van der Waals surface area contributed by atoms with E-state index in [0.29, 0.717) is 11.8 Å². The molecule has 0 saturated heterocycles. The Morgan fingerprint density at radius 3 is 1.11 bits per heavy atom. The minimum atomic E-state index is 0.561. The van der Waals surface area contributed by atoms with Gasteiger partial charge < -0.3 is 4.74 Å². The topological polar surface area (TPSA) is 9.23 Å². The normalized spacial score (nSPS) is 10.6. The Bertz CT molecular complexity index is 1680. The van der Waals surface area contributed by atoms with Gasteiger partial charge in [0, 0.05) is 0 Å². The van der Waals surface area contributed by atoms with Crippen LogP contribution in [0, 0.1) is 5.92 Å². The molecule has 0 radical (unpaired) electrons. The maximum atomic E-state index is 5.71. The monoisotopic (exact) mass is 618 g/mol. The van der Waals surface area contributed by atoms with Gasteiger partial charge in [-0.1, -0.05) is 181 Å². The van der Waals surface area contributed by atoms with E-state index in [-0.39, 0.29) is 0 Å². The van der Waals surface area contributed by atoms with Gasteiger partial charge in [0.2, 0.25) is 0 Å². The number of rotatable bonds is 8. The van der Waals surface area contributed by atoms with Crippen LogP contribution in [0.1, 0.15) is 70.1 Å². The van der Waals surface area contributed by atoms with Gasteiger partial charge in [0.1, 0.15) is 11.5 Å². The zero-order chi connectivity index (χ0) is 33.4. The Labute approximate surface area is 283 Å². The average molecular weight is 619 g/mol. The summed E-state index contributed by atoms with van der Waals surface area (Å²) in [4.78, 5) is 0. The SMILES string of the molecule is CC(C)Cc1ccc(-c2ccccc2)cc1.CC(C)c1ccc(-c2ccccc2)cc1.CC(C)c1ccc(Oc2ccccc2)cc1. The van der Waals surface area contributed by atoms with Crippen molar-refractivity contribution < 1.29 is 4.74 Å². The van der Waals surface area contributed by atoms with Crippen LogP contribution in [0.15, 0.2) is 164 Å². The van der Waals surface area contributed by atoms with Gasteiger partial charge in [0.25, 0.3) is 0 Å². The lowest BCUT2D eigenvalue weighted by atomic mass is 9.99. The van der Waals surface area contributed by atoms with E-state index < -0.39 is 0 Å². The number of para-hydroxylation sites is 1. The van der Waals surface area contributed by atoms with Crippen LogP contribution in [-0.2, 0) is 6.42 Å². The molecule has 0 aliphatic heterocycles. The first-order valence-corrected chi connectivity index (χ1v) is 16.9. The molecule has 0 heterocycles. The summed E-state index contributed by atoms with van der Waals surface area (Å²) in [5, 5.41) is 0. The first-order valence-electron chi connectivity index (χ1n) is 16.9. The lowest BCUT2D eigenvalue weighted by Crippen LogP contribution is -1.93. The third-order valence-corrected chi connectivity index (χ3v) is 7.92. The maximum Gasteiger partial charge on any atom is 0.127 e. The van der Waals surface area contributed by atoms with Gasteiger partial charge in [0.05, 0.1) is 0 Å². The van der Waals surface area contributed by atoms with Crippen LogP contribution in [0.3, 0.4) is 0 Å². The summed E-state index contributed by atoms with van der Waals surface area (Å²) in [6.07, 6.45) is 1.16. The second kappa shape index (κ2) is 18.3. The molecule has 0 aromatic heterocycles. The summed E-state index contributed by atoms with van der Waals surface area (Å²) < 4.78 is 5.71. The number of hydrogen-bond donors (Lipinski definition) is 0. The second-order valence-corrected chi connectivity index (χ2v) is 12.9. The zero-order valence-corrected chi connectivity index (χ0v) is 28.9. The lowest BCUT2D eigenvalue weighted by Gasteiger charge is -2.08. The summed E-state index contributed by atoms with van der Waals surface area (Å²) in [7, 11) is 0. The molecule has 0 N–H and O–H groups in total. The average Bonchev–Trinajstić information content (AvgIpc) is 3.10. The minimum Gasteiger partial charge on any atom is -0.457 e. The van der Waals surface area contributed by atoms with E-state index in [0.717, 1.165) is 23.8 Å². The van der Waals surface area contributed by atoms with E-state index in [2.05, 4.69) is 157 Å². The minimum absolute atomic E-state index is 0.561. The van der Waals surface area contributed by atoms with E-state index in [9.17, 15) is 0 Å². The molecule has 1 heteroatoms. The molecule has 0 fully saturated rings. The molecule has 0 saturated carbocycles. The highest BCUT2D eigenvalue weighted by molar-refractivity contribution is 5.64. The maximum absolute atomic E-state index is 5.71. The lowest BCUT2D eigenvalue weighted by molar-refractivity contribution is 0.482. The third-order valence-electron chi connectivity index (χ3n) is 7.92. The fourth-order valence-electron chi connectivity index (χ4n) is 5.17. The first kappa shape index (κ1) is 35.0. The van der Waals surface area contributed by atoms with E-state index in [1.807, 2.05) is 48.5 Å². The van der Waals surface area contributed by atoms with Crippen molar-refractivity contribution in [3.63, 3.8) is 0 Å². The van der Waals surface area contributed by atoms with E-state index in [1.165, 1.54) is 38.9 Å². The van der Waals surface area contributed by atoms with Crippen molar-refractivity contribution >= 4 is 0 Å². The highest BCUT2D eigenvalue weighted by Gasteiger charge is 2.02. The Hall–Kier alpha value is -4.88. The van der Waals surface area contributed by atoms with E-state index in [4.69, 9.17) is 4.74 Å². The summed E-state index contributed by atoms with van der Waals surface area (Å²) in [5.74, 6) is 3.65. The van der Waals surface area contributed by atoms with Crippen LogP contribution in [0.25, 0.3) is 22.3 Å². The van der Waals surface area contributed by atoms with Crippen LogP contribution >= 0.6 is 0 Å². The van der Waals surface area contributed by atoms with Crippen molar-refractivity contribution in [1.82, 2.24) is 0 Å². The number of hydrogen-bond acceptors (Lipinski definition) is 1. The molecular weight excluding hydrogens is 569 g/mol. The van der Waals surface area contributed by atoms with E-state index >= 15 is 0 Å². The van der Waals surface area contributed by atoms with Crippen LogP contribution in [0.2, 0.25) is 0 Å². The molecule has 1 nitrogen and oxygen atoms in total. The van der Waals surface area contributed by atoms with Crippen molar-refractivity contribution in [2.24, 2.45) is 5.92 Å². The molecule has 0 aliphatic carbocycles. The summed E-state index contributed by atoms with van der Waals surface area (Å²) in [6.45, 7) is 13.3. The van der Waals surface area contributed by atoms with Crippen LogP contribution in [-0.4, -0.2) is 0 Å². The molecule has 0 atom stereocenters. The Kier molecular flexibility index (Phi) is 13.6. The molecule has 240 valence electrons. The molecule has 0 amide bonds. The van der Waals surface area contributed by atoms with Gasteiger partial charge in [-0.15, -0.1) is 0 Å². The molecule has 6 aromatic carbocycles. The Morgan fingerprint density at radius 2 is 0.702 bits per heavy atom. The van der Waals surface area contributed by atoms with Gasteiger partial charge in [-0.25, -0.2) is 0 Å². The highest BCUT2D eigenvalue weighted by atomic mass is 16.5. The van der Waals surface area contributed by atoms with Crippen molar-refractivity contribution in [3.05, 3.63) is 180 Å². The van der Waals surface area contributed by atoms with Crippen LogP contribution in [0.4, 0.5) is 0 Å².